The third-order valence-corrected chi connectivity index (χ3v) is 14.9. The summed E-state index contributed by atoms with van der Waals surface area (Å²) in [6.07, 6.45) is -0.786. The normalized spacial score (nSPS) is 14.2. The van der Waals surface area contributed by atoms with Gasteiger partial charge in [-0.3, -0.25) is 67.3 Å². The zero-order valence-electron chi connectivity index (χ0n) is 51.8. The number of fused-ring (bicyclic) bond motifs is 1. The molecule has 0 unspecified atom stereocenters. The zero-order valence-corrected chi connectivity index (χ0v) is 53.6. The van der Waals surface area contributed by atoms with Gasteiger partial charge >= 0.3 is 0 Å². The number of amides is 13. The largest absolute Gasteiger partial charge is 0.508 e. The number of benzene rings is 3. The molecule has 23 N–H and O–H groups in total. The Hall–Kier alpha value is -9.96. The monoisotopic (exact) mass is 1350 g/mol. The molecule has 0 saturated heterocycles. The van der Waals surface area contributed by atoms with E-state index in [0.717, 1.165) is 6.92 Å². The summed E-state index contributed by atoms with van der Waals surface area (Å²) in [5.74, 6) is -14.2. The third kappa shape index (κ3) is 25.6. The lowest BCUT2D eigenvalue weighted by Crippen LogP contribution is -2.62. The first kappa shape index (κ1) is 76.5. The average molecular weight is 1350 g/mol. The number of guanidine groups is 1. The average Bonchev–Trinajstić information content (AvgIpc) is 1.62. The van der Waals surface area contributed by atoms with Gasteiger partial charge < -0.3 is 97.0 Å². The van der Waals surface area contributed by atoms with Crippen molar-refractivity contribution in [3.8, 4) is 5.75 Å². The summed E-state index contributed by atoms with van der Waals surface area (Å²) in [6.45, 7) is 3.52. The van der Waals surface area contributed by atoms with E-state index in [1.165, 1.54) is 30.5 Å². The van der Waals surface area contributed by atoms with Crippen molar-refractivity contribution in [3.63, 3.8) is 0 Å². The predicted octanol–water partition coefficient (Wildman–Crippen LogP) is -5.04. The molecule has 510 valence electrons. The molecule has 13 amide bonds. The Labute approximate surface area is 551 Å². The summed E-state index contributed by atoms with van der Waals surface area (Å²) in [6, 6.07) is 5.21. The first-order chi connectivity index (χ1) is 44.5. The van der Waals surface area contributed by atoms with Gasteiger partial charge in [-0.2, -0.15) is 25.3 Å². The zero-order chi connectivity index (χ0) is 69.8. The second kappa shape index (κ2) is 38.1. The number of nitrogens with one attached hydrogen (secondary N) is 11. The Morgan fingerprint density at radius 1 is 0.489 bits per heavy atom. The fourth-order valence-electron chi connectivity index (χ4n) is 9.45. The molecular formula is C60H83N17O15S2. The summed E-state index contributed by atoms with van der Waals surface area (Å²) < 4.78 is 0. The Morgan fingerprint density at radius 2 is 0.904 bits per heavy atom. The highest BCUT2D eigenvalue weighted by atomic mass is 32.1. The van der Waals surface area contributed by atoms with E-state index in [4.69, 9.17) is 28.7 Å². The molecule has 0 saturated carbocycles. The number of aliphatic hydroxyl groups is 1. The van der Waals surface area contributed by atoms with E-state index in [1.807, 2.05) is 0 Å². The van der Waals surface area contributed by atoms with E-state index in [0.29, 0.717) is 27.6 Å². The maximum absolute atomic E-state index is 14.4. The van der Waals surface area contributed by atoms with Crippen molar-refractivity contribution >= 4 is 119 Å². The van der Waals surface area contributed by atoms with Gasteiger partial charge in [0.25, 0.3) is 0 Å². The summed E-state index contributed by atoms with van der Waals surface area (Å²) in [5.41, 5.74) is 29.7. The van der Waals surface area contributed by atoms with Crippen LogP contribution >= 0.6 is 25.3 Å². The van der Waals surface area contributed by atoms with Crippen molar-refractivity contribution in [1.82, 2.24) is 58.2 Å². The smallest absolute Gasteiger partial charge is 0.245 e. The lowest BCUT2D eigenvalue weighted by atomic mass is 10.0. The minimum absolute atomic E-state index is 0.00864. The number of phenols is 1. The molecule has 32 nitrogen and oxygen atoms in total. The second-order valence-corrected chi connectivity index (χ2v) is 23.0. The number of carbonyl (C=O) groups is 13. The number of H-pyrrole nitrogens is 1. The van der Waals surface area contributed by atoms with Crippen LogP contribution in [0.15, 0.2) is 90.1 Å². The van der Waals surface area contributed by atoms with Gasteiger partial charge in [0.15, 0.2) is 5.96 Å². The minimum Gasteiger partial charge on any atom is -0.508 e. The third-order valence-electron chi connectivity index (χ3n) is 14.2. The SMILES string of the molecule is CC(=O)N[C@@H](CS)C(=O)N[C@@H](CC(N)=O)C(=O)N[C@@H](Cc1c[nH]c2ccccc12)C(=O)N[C@@H](CC(N)=O)C(=O)N[C@@H](CO)C(=O)N[C@@H](Cc1ccccc1)C(=O)N[C@H](CS)C(=O)N[C@@H](CC(C)C)C(=O)N[C@@H](CCCN=C(N)N)C(=O)N[C@@H](Cc1ccc(O)cc1)C(N)=O. The van der Waals surface area contributed by atoms with Gasteiger partial charge in [0.1, 0.15) is 66.2 Å². The standard InChI is InChI=1S/C60H83N17O15S2/c1-30(2)20-40(52(85)69-38(14-9-19-66-60(64)65)51(84)70-39(50(63)83)21-33-15-17-35(80)18-16-33)71-59(92)47(29-94)77-53(86)41(22-32-10-5-4-6-11-32)72-57(90)45(27-78)76-56(89)44(25-49(62)82)74-54(87)42(23-34-26-67-37-13-8-7-12-36(34)37)73-55(88)43(24-48(61)81)75-58(91)46(28-93)68-31(3)79/h4-8,10-13,15-18,26,30,38-47,67,78,80,93-94H,9,14,19-25,27-29H2,1-3H3,(H2,61,81)(H2,62,82)(H2,63,83)(H,68,79)(H,69,85)(H,70,84)(H,71,92)(H,72,90)(H,73,88)(H,74,87)(H,75,91)(H,76,89)(H,77,86)(H4,64,65,66)/t38-,39-,40-,41-,42-,43-,44-,45-,46-,47+/m0/s1. The molecule has 4 rings (SSSR count). The van der Waals surface area contributed by atoms with Crippen LogP contribution < -0.4 is 81.8 Å². The van der Waals surface area contributed by atoms with Crippen molar-refractivity contribution in [1.29, 1.82) is 0 Å². The van der Waals surface area contributed by atoms with Gasteiger partial charge in [0, 0.05) is 61.3 Å². The van der Waals surface area contributed by atoms with E-state index in [2.05, 4.69) is 88.4 Å². The number of para-hydroxylation sites is 1. The number of nitrogens with zero attached hydrogens (tertiary/aromatic N) is 1. The van der Waals surface area contributed by atoms with Crippen LogP contribution in [0.2, 0.25) is 0 Å². The fraction of sp³-hybridized carbons (Fsp3) is 0.433. The van der Waals surface area contributed by atoms with E-state index < -0.39 is 157 Å². The number of aromatic hydroxyl groups is 1. The molecule has 0 spiro atoms. The van der Waals surface area contributed by atoms with Crippen LogP contribution in [0.4, 0.5) is 0 Å². The first-order valence-corrected chi connectivity index (χ1v) is 30.9. The van der Waals surface area contributed by atoms with Gasteiger partial charge in [-0.05, 0) is 60.1 Å². The number of aliphatic hydroxyl groups excluding tert-OH is 1. The number of hydrogen-bond donors (Lipinski definition) is 20. The summed E-state index contributed by atoms with van der Waals surface area (Å²) in [5, 5.41) is 45.4. The highest BCUT2D eigenvalue weighted by Gasteiger charge is 2.37. The van der Waals surface area contributed by atoms with Gasteiger partial charge in [0.05, 0.1) is 19.4 Å². The molecule has 94 heavy (non-hydrogen) atoms. The fourth-order valence-corrected chi connectivity index (χ4v) is 9.97. The second-order valence-electron chi connectivity index (χ2n) is 22.3. The van der Waals surface area contributed by atoms with Gasteiger partial charge in [0.2, 0.25) is 76.8 Å². The number of thiol groups is 2. The lowest BCUT2D eigenvalue weighted by molar-refractivity contribution is -0.137. The predicted molar refractivity (Wildman–Crippen MR) is 350 cm³/mol. The van der Waals surface area contributed by atoms with Crippen molar-refractivity contribution in [2.75, 3.05) is 24.7 Å². The number of primary amides is 3. The molecule has 1 aromatic heterocycles. The van der Waals surface area contributed by atoms with Gasteiger partial charge in [-0.1, -0.05) is 74.5 Å². The number of carbonyl (C=O) groups excluding carboxylic acids is 13. The molecule has 34 heteroatoms. The lowest BCUT2D eigenvalue weighted by Gasteiger charge is -2.28. The van der Waals surface area contributed by atoms with E-state index in [1.54, 1.807) is 68.4 Å². The Balaban J connectivity index is 1.57. The Morgan fingerprint density at radius 3 is 1.43 bits per heavy atom. The van der Waals surface area contributed by atoms with Crippen LogP contribution in [0.1, 0.15) is 69.6 Å². The molecule has 0 bridgehead atoms. The molecule has 10 atom stereocenters. The molecule has 0 aliphatic heterocycles. The van der Waals surface area contributed by atoms with E-state index in [-0.39, 0.29) is 74.2 Å². The summed E-state index contributed by atoms with van der Waals surface area (Å²) in [7, 11) is 0. The number of aromatic nitrogens is 1. The van der Waals surface area contributed by atoms with E-state index >= 15 is 0 Å². The molecule has 0 aliphatic carbocycles. The van der Waals surface area contributed by atoms with Crippen LogP contribution in [-0.2, 0) is 81.6 Å². The maximum atomic E-state index is 14.4. The van der Waals surface area contributed by atoms with Crippen LogP contribution in [0.25, 0.3) is 10.9 Å². The Kier molecular flexibility index (Phi) is 31.0. The number of hydrogen-bond acceptors (Lipinski definition) is 18. The molecule has 0 radical (unpaired) electrons. The van der Waals surface area contributed by atoms with Crippen LogP contribution in [0, 0.1) is 5.92 Å². The van der Waals surface area contributed by atoms with Crippen molar-refractivity contribution in [2.24, 2.45) is 39.6 Å². The number of aliphatic imine (C=N–C) groups is 1. The number of nitrogens with two attached hydrogens (primary N) is 5. The van der Waals surface area contributed by atoms with Gasteiger partial charge in [-0.25, -0.2) is 0 Å². The molecule has 4 aromatic rings. The molecule has 3 aromatic carbocycles. The van der Waals surface area contributed by atoms with Crippen molar-refractivity contribution in [2.45, 2.75) is 133 Å². The highest BCUT2D eigenvalue weighted by Crippen LogP contribution is 2.20. The number of rotatable bonds is 39. The molecule has 0 aliphatic rings. The molecule has 1 heterocycles. The summed E-state index contributed by atoms with van der Waals surface area (Å²) in [4.78, 5) is 183. The van der Waals surface area contributed by atoms with Crippen molar-refractivity contribution in [3.05, 3.63) is 102 Å². The maximum Gasteiger partial charge on any atom is 0.245 e. The van der Waals surface area contributed by atoms with Crippen molar-refractivity contribution < 1.29 is 72.5 Å². The summed E-state index contributed by atoms with van der Waals surface area (Å²) >= 11 is 8.38. The van der Waals surface area contributed by atoms with Crippen LogP contribution in [0.5, 0.6) is 5.75 Å². The highest BCUT2D eigenvalue weighted by molar-refractivity contribution is 7.80. The Bertz CT molecular complexity index is 3350. The van der Waals surface area contributed by atoms with Crippen LogP contribution in [0.3, 0.4) is 0 Å². The molecular weight excluding hydrogens is 1260 g/mol. The molecule has 0 fully saturated rings. The minimum atomic E-state index is -1.93. The van der Waals surface area contributed by atoms with Crippen LogP contribution in [-0.4, -0.2) is 183 Å². The first-order valence-electron chi connectivity index (χ1n) is 29.6. The topological polar surface area (TPSA) is 541 Å². The van der Waals surface area contributed by atoms with E-state index in [9.17, 15) is 72.5 Å². The van der Waals surface area contributed by atoms with Gasteiger partial charge in [-0.15, -0.1) is 0 Å². The number of phenolic OH excluding ortho intramolecular Hbond substituents is 1. The quantitative estimate of drug-likeness (QED) is 0.00861. The number of aromatic amines is 1.